The molecule has 0 radical (unpaired) electrons. The highest BCUT2D eigenvalue weighted by Gasteiger charge is 2.21. The van der Waals surface area contributed by atoms with Crippen LogP contribution in [0.1, 0.15) is 26.7 Å². The molecule has 0 rings (SSSR count). The van der Waals surface area contributed by atoms with E-state index < -0.39 is 43.0 Å². The van der Waals surface area contributed by atoms with Crippen molar-refractivity contribution in [3.05, 3.63) is 0 Å². The van der Waals surface area contributed by atoms with Crippen molar-refractivity contribution >= 4 is 17.8 Å². The monoisotopic (exact) mass is 290 g/mol. The van der Waals surface area contributed by atoms with Gasteiger partial charge in [-0.15, -0.1) is 0 Å². The molecular weight excluding hydrogens is 268 g/mol. The minimum Gasteiger partial charge on any atom is -0.481 e. The Labute approximate surface area is 117 Å². The highest BCUT2D eigenvalue weighted by Crippen LogP contribution is 2.01. The van der Waals surface area contributed by atoms with Crippen LogP contribution in [-0.4, -0.2) is 53.4 Å². The summed E-state index contributed by atoms with van der Waals surface area (Å²) in [4.78, 5) is 33.2. The van der Waals surface area contributed by atoms with E-state index in [1.165, 1.54) is 0 Å². The summed E-state index contributed by atoms with van der Waals surface area (Å²) in [7, 11) is 0. The lowest BCUT2D eigenvalue weighted by Gasteiger charge is -2.18. The highest BCUT2D eigenvalue weighted by atomic mass is 16.5. The van der Waals surface area contributed by atoms with Crippen molar-refractivity contribution in [3.63, 3.8) is 0 Å². The molecule has 8 heteroatoms. The predicted molar refractivity (Wildman–Crippen MR) is 69.7 cm³/mol. The van der Waals surface area contributed by atoms with Gasteiger partial charge >= 0.3 is 11.9 Å². The topological polar surface area (TPSA) is 139 Å². The van der Waals surface area contributed by atoms with Crippen molar-refractivity contribution in [2.75, 3.05) is 13.2 Å². The van der Waals surface area contributed by atoms with E-state index in [9.17, 15) is 14.4 Å². The van der Waals surface area contributed by atoms with Crippen molar-refractivity contribution in [1.29, 1.82) is 0 Å². The van der Waals surface area contributed by atoms with Crippen LogP contribution < -0.4 is 11.1 Å². The molecule has 0 saturated heterocycles. The molecule has 0 aliphatic carbocycles. The maximum absolute atomic E-state index is 11.5. The van der Waals surface area contributed by atoms with Crippen LogP contribution in [0.4, 0.5) is 0 Å². The molecule has 20 heavy (non-hydrogen) atoms. The van der Waals surface area contributed by atoms with Gasteiger partial charge in [0.25, 0.3) is 0 Å². The van der Waals surface area contributed by atoms with E-state index in [1.54, 1.807) is 0 Å². The fourth-order valence-corrected chi connectivity index (χ4v) is 1.31. The molecule has 0 fully saturated rings. The van der Waals surface area contributed by atoms with Crippen LogP contribution in [0.5, 0.6) is 0 Å². The first-order chi connectivity index (χ1) is 9.26. The van der Waals surface area contributed by atoms with Crippen LogP contribution in [0.2, 0.25) is 0 Å². The molecule has 1 amide bonds. The van der Waals surface area contributed by atoms with Gasteiger partial charge in [-0.1, -0.05) is 13.8 Å². The molecule has 5 N–H and O–H groups in total. The number of ether oxygens (including phenoxy) is 1. The molecule has 0 aliphatic heterocycles. The van der Waals surface area contributed by atoms with Crippen molar-refractivity contribution in [2.45, 2.75) is 38.8 Å². The smallest absolute Gasteiger partial charge is 0.306 e. The number of hydrogen-bond donors (Lipinski definition) is 4. The van der Waals surface area contributed by atoms with E-state index >= 15 is 0 Å². The fraction of sp³-hybridized carbons (Fsp3) is 0.750. The first-order valence-electron chi connectivity index (χ1n) is 6.30. The number of amides is 1. The second-order valence-corrected chi connectivity index (χ2v) is 4.87. The molecule has 0 heterocycles. The zero-order valence-corrected chi connectivity index (χ0v) is 11.7. The van der Waals surface area contributed by atoms with E-state index in [1.807, 2.05) is 13.8 Å². The number of aliphatic hydroxyl groups excluding tert-OH is 1. The Kier molecular flexibility index (Phi) is 8.49. The van der Waals surface area contributed by atoms with Crippen LogP contribution in [0, 0.1) is 5.92 Å². The van der Waals surface area contributed by atoms with Crippen LogP contribution in [0.25, 0.3) is 0 Å². The maximum Gasteiger partial charge on any atom is 0.306 e. The number of rotatable bonds is 9. The minimum absolute atomic E-state index is 0.147. The van der Waals surface area contributed by atoms with Gasteiger partial charge in [0.15, 0.2) is 0 Å². The number of carbonyl (C=O) groups is 3. The van der Waals surface area contributed by atoms with Gasteiger partial charge in [-0.05, 0) is 5.92 Å². The second kappa shape index (κ2) is 9.27. The molecular formula is C12H22N2O6. The molecule has 0 bridgehead atoms. The van der Waals surface area contributed by atoms with Gasteiger partial charge in [0.1, 0.15) is 6.61 Å². The molecule has 0 spiro atoms. The number of nitrogens with two attached hydrogens (primary N) is 1. The maximum atomic E-state index is 11.5. The summed E-state index contributed by atoms with van der Waals surface area (Å²) in [5.74, 6) is -2.20. The van der Waals surface area contributed by atoms with Gasteiger partial charge in [-0.25, -0.2) is 0 Å². The summed E-state index contributed by atoms with van der Waals surface area (Å²) in [6.07, 6.45) is -0.276. The van der Waals surface area contributed by atoms with Crippen LogP contribution in [-0.2, 0) is 19.1 Å². The zero-order valence-electron chi connectivity index (χ0n) is 11.7. The Bertz CT molecular complexity index is 345. The fourth-order valence-electron chi connectivity index (χ4n) is 1.31. The Hall–Kier alpha value is -1.67. The lowest BCUT2D eigenvalue weighted by atomic mass is 10.1. The van der Waals surface area contributed by atoms with Crippen LogP contribution >= 0.6 is 0 Å². The van der Waals surface area contributed by atoms with Gasteiger partial charge in [0.05, 0.1) is 25.1 Å². The zero-order chi connectivity index (χ0) is 15.7. The quantitative estimate of drug-likeness (QED) is 0.393. The van der Waals surface area contributed by atoms with Gasteiger partial charge in [-0.3, -0.25) is 14.4 Å². The molecule has 0 saturated carbocycles. The first-order valence-corrected chi connectivity index (χ1v) is 6.30. The number of esters is 1. The Morgan fingerprint density at radius 3 is 2.30 bits per heavy atom. The summed E-state index contributed by atoms with van der Waals surface area (Å²) >= 11 is 0. The Balaban J connectivity index is 4.17. The minimum atomic E-state index is -1.21. The van der Waals surface area contributed by atoms with Gasteiger partial charge in [0, 0.05) is 6.42 Å². The number of carboxylic acid groups (broad SMARTS) is 1. The molecule has 8 nitrogen and oxygen atoms in total. The van der Waals surface area contributed by atoms with E-state index in [4.69, 9.17) is 20.7 Å². The van der Waals surface area contributed by atoms with E-state index in [2.05, 4.69) is 5.32 Å². The number of aliphatic hydroxyl groups is 1. The van der Waals surface area contributed by atoms with Crippen molar-refractivity contribution in [1.82, 2.24) is 5.32 Å². The number of aliphatic carboxylic acids is 1. The van der Waals surface area contributed by atoms with Gasteiger partial charge in [0.2, 0.25) is 5.91 Å². The van der Waals surface area contributed by atoms with Crippen LogP contribution in [0.15, 0.2) is 0 Å². The lowest BCUT2D eigenvalue weighted by molar-refractivity contribution is -0.146. The summed E-state index contributed by atoms with van der Waals surface area (Å²) < 4.78 is 4.90. The SMILES string of the molecule is CC(C)CC(=O)OC[C@H](CO)NC(=O)[C@H](N)CC(=O)O. The lowest BCUT2D eigenvalue weighted by Crippen LogP contribution is -2.49. The summed E-state index contributed by atoms with van der Waals surface area (Å²) in [6.45, 7) is 3.09. The molecule has 2 atom stereocenters. The third-order valence-corrected chi connectivity index (χ3v) is 2.32. The highest BCUT2D eigenvalue weighted by molar-refractivity contribution is 5.86. The summed E-state index contributed by atoms with van der Waals surface area (Å²) in [6, 6.07) is -2.02. The third kappa shape index (κ3) is 8.44. The van der Waals surface area contributed by atoms with Crippen molar-refractivity contribution in [2.24, 2.45) is 11.7 Å². The molecule has 0 aromatic carbocycles. The molecule has 0 aromatic heterocycles. The average molecular weight is 290 g/mol. The number of carbonyl (C=O) groups excluding carboxylic acids is 2. The second-order valence-electron chi connectivity index (χ2n) is 4.87. The normalized spacial score (nSPS) is 13.7. The van der Waals surface area contributed by atoms with Gasteiger partial charge < -0.3 is 26.0 Å². The summed E-state index contributed by atoms with van der Waals surface area (Å²) in [5.41, 5.74) is 5.36. The van der Waals surface area contributed by atoms with E-state index in [0.717, 1.165) is 0 Å². The first kappa shape index (κ1) is 18.3. The third-order valence-electron chi connectivity index (χ3n) is 2.32. The van der Waals surface area contributed by atoms with Crippen molar-refractivity contribution in [3.8, 4) is 0 Å². The standard InChI is InChI=1S/C12H22N2O6/c1-7(2)3-11(18)20-6-8(5-15)14-12(19)9(13)4-10(16)17/h7-9,15H,3-6,13H2,1-2H3,(H,14,19)(H,16,17)/t8-,9+/m0/s1. The summed E-state index contributed by atoms with van der Waals surface area (Å²) in [5, 5.41) is 19.9. The van der Waals surface area contributed by atoms with E-state index in [0.29, 0.717) is 0 Å². The number of nitrogens with one attached hydrogen (secondary N) is 1. The van der Waals surface area contributed by atoms with Crippen LogP contribution in [0.3, 0.4) is 0 Å². The van der Waals surface area contributed by atoms with Gasteiger partial charge in [-0.2, -0.15) is 0 Å². The molecule has 0 aromatic rings. The number of carboxylic acids is 1. The molecule has 0 unspecified atom stereocenters. The molecule has 0 aliphatic rings. The predicted octanol–water partition coefficient (Wildman–Crippen LogP) is -1.15. The number of hydrogen-bond acceptors (Lipinski definition) is 6. The van der Waals surface area contributed by atoms with Crippen molar-refractivity contribution < 1.29 is 29.3 Å². The Morgan fingerprint density at radius 2 is 1.85 bits per heavy atom. The largest absolute Gasteiger partial charge is 0.481 e. The van der Waals surface area contributed by atoms with E-state index in [-0.39, 0.29) is 18.9 Å². The average Bonchev–Trinajstić information content (AvgIpc) is 2.32. The molecule has 116 valence electrons. The Morgan fingerprint density at radius 1 is 1.25 bits per heavy atom.